The Morgan fingerprint density at radius 1 is 1.27 bits per heavy atom. The number of nitrogens with zero attached hydrogens (tertiary/aromatic N) is 3. The highest BCUT2D eigenvalue weighted by Gasteiger charge is 2.14. The summed E-state index contributed by atoms with van der Waals surface area (Å²) in [5, 5.41) is 9.07. The fourth-order valence-electron chi connectivity index (χ4n) is 2.46. The van der Waals surface area contributed by atoms with Gasteiger partial charge in [-0.05, 0) is 23.4 Å². The molecule has 136 valence electrons. The van der Waals surface area contributed by atoms with E-state index in [9.17, 15) is 9.59 Å². The molecule has 0 saturated carbocycles. The number of aryl methyl sites for hydroxylation is 1. The first-order chi connectivity index (χ1) is 12.6. The molecule has 26 heavy (non-hydrogen) atoms. The van der Waals surface area contributed by atoms with Crippen LogP contribution in [-0.4, -0.2) is 38.4 Å². The highest BCUT2D eigenvalue weighted by atomic mass is 32.2. The molecule has 0 spiro atoms. The fraction of sp³-hybridized carbons (Fsp3) is 0.278. The summed E-state index contributed by atoms with van der Waals surface area (Å²) in [6.45, 7) is 1.12. The van der Waals surface area contributed by atoms with Crippen molar-refractivity contribution >= 4 is 29.0 Å². The maximum absolute atomic E-state index is 12.3. The van der Waals surface area contributed by atoms with Gasteiger partial charge in [-0.3, -0.25) is 9.36 Å². The molecule has 0 saturated heterocycles. The molecule has 0 aliphatic heterocycles. The third kappa shape index (κ3) is 4.86. The molecule has 1 amide bonds. The average molecular weight is 389 g/mol. The van der Waals surface area contributed by atoms with Crippen molar-refractivity contribution < 1.29 is 4.79 Å². The third-order valence-corrected chi connectivity index (χ3v) is 5.74. The fourth-order valence-corrected chi connectivity index (χ4v) is 4.13. The van der Waals surface area contributed by atoms with Gasteiger partial charge in [0, 0.05) is 18.5 Å². The zero-order chi connectivity index (χ0) is 18.4. The lowest BCUT2D eigenvalue weighted by Crippen LogP contribution is -2.27. The predicted octanol–water partition coefficient (Wildman–Crippen LogP) is 2.63. The molecule has 0 unspecified atom stereocenters. The number of nitrogens with one attached hydrogen (secondary N) is 1. The van der Waals surface area contributed by atoms with Crippen LogP contribution >= 0.6 is 23.1 Å². The number of hydrogen-bond acceptors (Lipinski definition) is 5. The van der Waals surface area contributed by atoms with Crippen LogP contribution in [0.4, 0.5) is 0 Å². The lowest BCUT2D eigenvalue weighted by molar-refractivity contribution is -0.127. The van der Waals surface area contributed by atoms with Gasteiger partial charge in [0.05, 0.1) is 12.3 Å². The van der Waals surface area contributed by atoms with Crippen LogP contribution in [0.2, 0.25) is 0 Å². The lowest BCUT2D eigenvalue weighted by Gasteiger charge is -2.15. The van der Waals surface area contributed by atoms with Crippen LogP contribution in [0.1, 0.15) is 10.4 Å². The van der Waals surface area contributed by atoms with Crippen molar-refractivity contribution in [3.05, 3.63) is 68.8 Å². The standard InChI is InChI=1S/C18H20N4O2S2/c1-21(12-15-8-5-11-25-15)16(23)13-26-18-20-19-17(24)22(18)10-9-14-6-3-2-4-7-14/h2-8,11H,9-10,12-13H2,1H3,(H,19,24). The van der Waals surface area contributed by atoms with E-state index in [2.05, 4.69) is 10.2 Å². The largest absolute Gasteiger partial charge is 0.343 e. The summed E-state index contributed by atoms with van der Waals surface area (Å²) < 4.78 is 1.59. The number of amides is 1. The Morgan fingerprint density at radius 3 is 2.81 bits per heavy atom. The zero-order valence-electron chi connectivity index (χ0n) is 14.4. The van der Waals surface area contributed by atoms with Crippen molar-refractivity contribution in [2.45, 2.75) is 24.7 Å². The smallest absolute Gasteiger partial charge is 0.340 e. The van der Waals surface area contributed by atoms with E-state index < -0.39 is 0 Å². The Morgan fingerprint density at radius 2 is 2.08 bits per heavy atom. The third-order valence-electron chi connectivity index (χ3n) is 3.91. The molecule has 8 heteroatoms. The van der Waals surface area contributed by atoms with Crippen molar-refractivity contribution in [3.8, 4) is 0 Å². The van der Waals surface area contributed by atoms with Gasteiger partial charge in [0.25, 0.3) is 0 Å². The first kappa shape index (κ1) is 18.5. The molecular formula is C18H20N4O2S2. The Labute approximate surface area is 159 Å². The lowest BCUT2D eigenvalue weighted by atomic mass is 10.1. The molecule has 0 aliphatic rings. The molecule has 0 fully saturated rings. The minimum absolute atomic E-state index is 0.00783. The molecule has 0 radical (unpaired) electrons. The van der Waals surface area contributed by atoms with Crippen molar-refractivity contribution in [1.29, 1.82) is 0 Å². The normalized spacial score (nSPS) is 10.8. The molecule has 1 aromatic carbocycles. The minimum atomic E-state index is -0.247. The summed E-state index contributed by atoms with van der Waals surface area (Å²) in [4.78, 5) is 27.1. The van der Waals surface area contributed by atoms with E-state index in [0.717, 1.165) is 16.9 Å². The molecule has 0 bridgehead atoms. The van der Waals surface area contributed by atoms with E-state index >= 15 is 0 Å². The number of aromatic nitrogens is 3. The number of aromatic amines is 1. The maximum Gasteiger partial charge on any atom is 0.343 e. The van der Waals surface area contributed by atoms with Crippen molar-refractivity contribution in [3.63, 3.8) is 0 Å². The second kappa shape index (κ2) is 8.86. The summed E-state index contributed by atoms with van der Waals surface area (Å²) in [7, 11) is 1.79. The van der Waals surface area contributed by atoms with Crippen LogP contribution in [0.15, 0.2) is 57.8 Å². The molecule has 6 nitrogen and oxygen atoms in total. The predicted molar refractivity (Wildman–Crippen MR) is 105 cm³/mol. The van der Waals surface area contributed by atoms with Gasteiger partial charge < -0.3 is 4.90 Å². The Bertz CT molecular complexity index is 888. The second-order valence-electron chi connectivity index (χ2n) is 5.82. The first-order valence-corrected chi connectivity index (χ1v) is 10.1. The van der Waals surface area contributed by atoms with Gasteiger partial charge in [-0.25, -0.2) is 9.89 Å². The number of thiophene rings is 1. The van der Waals surface area contributed by atoms with Crippen LogP contribution in [-0.2, 0) is 24.3 Å². The summed E-state index contributed by atoms with van der Waals surface area (Å²) in [6, 6.07) is 14.0. The highest BCUT2D eigenvalue weighted by molar-refractivity contribution is 7.99. The van der Waals surface area contributed by atoms with Gasteiger partial charge in [0.2, 0.25) is 5.91 Å². The summed E-state index contributed by atoms with van der Waals surface area (Å²) in [6.07, 6.45) is 0.736. The topological polar surface area (TPSA) is 71.0 Å². The number of hydrogen-bond donors (Lipinski definition) is 1. The van der Waals surface area contributed by atoms with Gasteiger partial charge in [-0.15, -0.1) is 16.4 Å². The van der Waals surface area contributed by atoms with Crippen LogP contribution in [0.25, 0.3) is 0 Å². The van der Waals surface area contributed by atoms with Gasteiger partial charge in [0.15, 0.2) is 5.16 Å². The first-order valence-electron chi connectivity index (χ1n) is 8.22. The minimum Gasteiger partial charge on any atom is -0.340 e. The molecule has 1 N–H and O–H groups in total. The van der Waals surface area contributed by atoms with E-state index in [1.165, 1.54) is 11.8 Å². The van der Waals surface area contributed by atoms with Crippen molar-refractivity contribution in [1.82, 2.24) is 19.7 Å². The molecule has 3 aromatic rings. The van der Waals surface area contributed by atoms with E-state index in [4.69, 9.17) is 0 Å². The summed E-state index contributed by atoms with van der Waals surface area (Å²) >= 11 is 2.91. The molecule has 2 aromatic heterocycles. The van der Waals surface area contributed by atoms with E-state index in [1.54, 1.807) is 27.9 Å². The van der Waals surface area contributed by atoms with Gasteiger partial charge >= 0.3 is 5.69 Å². The van der Waals surface area contributed by atoms with Crippen LogP contribution in [0.5, 0.6) is 0 Å². The number of thioether (sulfide) groups is 1. The number of carbonyl (C=O) groups excluding carboxylic acids is 1. The van der Waals surface area contributed by atoms with E-state index in [0.29, 0.717) is 18.2 Å². The number of H-pyrrole nitrogens is 1. The van der Waals surface area contributed by atoms with Crippen molar-refractivity contribution in [2.24, 2.45) is 0 Å². The zero-order valence-corrected chi connectivity index (χ0v) is 16.1. The number of benzene rings is 1. The molecule has 0 aliphatic carbocycles. The van der Waals surface area contributed by atoms with Gasteiger partial charge in [-0.1, -0.05) is 48.2 Å². The SMILES string of the molecule is CN(Cc1cccs1)C(=O)CSc1n[nH]c(=O)n1CCc1ccccc1. The van der Waals surface area contributed by atoms with E-state index in [-0.39, 0.29) is 17.3 Å². The molecular weight excluding hydrogens is 368 g/mol. The monoisotopic (exact) mass is 388 g/mol. The highest BCUT2D eigenvalue weighted by Crippen LogP contribution is 2.16. The van der Waals surface area contributed by atoms with Crippen LogP contribution in [0.3, 0.4) is 0 Å². The van der Waals surface area contributed by atoms with Crippen LogP contribution in [0, 0.1) is 0 Å². The second-order valence-corrected chi connectivity index (χ2v) is 7.79. The Balaban J connectivity index is 1.56. The summed E-state index contributed by atoms with van der Waals surface area (Å²) in [5.41, 5.74) is 0.908. The maximum atomic E-state index is 12.3. The van der Waals surface area contributed by atoms with Crippen molar-refractivity contribution in [2.75, 3.05) is 12.8 Å². The van der Waals surface area contributed by atoms with Gasteiger partial charge in [-0.2, -0.15) is 0 Å². The average Bonchev–Trinajstić information content (AvgIpc) is 3.28. The number of rotatable bonds is 8. The van der Waals surface area contributed by atoms with Gasteiger partial charge in [0.1, 0.15) is 0 Å². The number of carbonyl (C=O) groups is 1. The molecule has 3 rings (SSSR count). The molecule has 0 atom stereocenters. The summed E-state index contributed by atoms with van der Waals surface area (Å²) in [5.74, 6) is 0.255. The van der Waals surface area contributed by atoms with E-state index in [1.807, 2.05) is 47.8 Å². The molecule has 2 heterocycles. The quantitative estimate of drug-likeness (QED) is 0.602. The van der Waals surface area contributed by atoms with Crippen LogP contribution < -0.4 is 5.69 Å². The Hall–Kier alpha value is -2.32. The Kier molecular flexibility index (Phi) is 6.30.